The van der Waals surface area contributed by atoms with Gasteiger partial charge in [0.2, 0.25) is 0 Å². The van der Waals surface area contributed by atoms with E-state index in [2.05, 4.69) is 10.4 Å². The summed E-state index contributed by atoms with van der Waals surface area (Å²) in [4.78, 5) is 17.8. The Bertz CT molecular complexity index is 1170. The molecule has 0 aliphatic heterocycles. The second-order valence-electron chi connectivity index (χ2n) is 5.91. The van der Waals surface area contributed by atoms with Crippen LogP contribution in [0.2, 0.25) is 0 Å². The first-order chi connectivity index (χ1) is 13.2. The monoisotopic (exact) mass is 361 g/mol. The fourth-order valence-electron chi connectivity index (χ4n) is 2.90. The second-order valence-corrected chi connectivity index (χ2v) is 5.91. The Labute approximate surface area is 154 Å². The van der Waals surface area contributed by atoms with Crippen LogP contribution in [0.25, 0.3) is 22.3 Å². The van der Waals surface area contributed by atoms with E-state index in [1.807, 2.05) is 24.3 Å². The molecule has 6 heteroatoms. The van der Waals surface area contributed by atoms with Crippen molar-refractivity contribution in [3.05, 3.63) is 89.0 Å². The van der Waals surface area contributed by atoms with Crippen LogP contribution in [0.5, 0.6) is 5.75 Å². The van der Waals surface area contributed by atoms with E-state index in [0.29, 0.717) is 33.7 Å². The summed E-state index contributed by atoms with van der Waals surface area (Å²) in [7, 11) is 1.57. The summed E-state index contributed by atoms with van der Waals surface area (Å²) in [6.45, 7) is 0. The van der Waals surface area contributed by atoms with Crippen LogP contribution in [-0.4, -0.2) is 16.8 Å². The van der Waals surface area contributed by atoms with Gasteiger partial charge in [-0.1, -0.05) is 24.3 Å². The van der Waals surface area contributed by atoms with Crippen LogP contribution in [0, 0.1) is 5.82 Å². The molecule has 3 aromatic carbocycles. The molecule has 1 aromatic heterocycles. The van der Waals surface area contributed by atoms with Crippen molar-refractivity contribution in [3.8, 4) is 17.1 Å². The van der Waals surface area contributed by atoms with E-state index in [4.69, 9.17) is 4.74 Å². The Morgan fingerprint density at radius 2 is 1.67 bits per heavy atom. The van der Waals surface area contributed by atoms with Crippen LogP contribution in [0.4, 0.5) is 10.1 Å². The van der Waals surface area contributed by atoms with Crippen molar-refractivity contribution in [2.24, 2.45) is 0 Å². The maximum atomic E-state index is 13.2. The van der Waals surface area contributed by atoms with Gasteiger partial charge in [0.15, 0.2) is 5.82 Å². The fourth-order valence-corrected chi connectivity index (χ4v) is 2.90. The van der Waals surface area contributed by atoms with Gasteiger partial charge in [-0.25, -0.2) is 9.37 Å². The highest BCUT2D eigenvalue weighted by Crippen LogP contribution is 2.28. The Kier molecular flexibility index (Phi) is 4.30. The molecule has 0 aliphatic carbocycles. The molecule has 0 unspecified atom stereocenters. The molecule has 0 spiro atoms. The van der Waals surface area contributed by atoms with Crippen molar-refractivity contribution < 1.29 is 9.13 Å². The van der Waals surface area contributed by atoms with Gasteiger partial charge in [0, 0.05) is 0 Å². The van der Waals surface area contributed by atoms with Gasteiger partial charge in [-0.15, -0.1) is 0 Å². The Morgan fingerprint density at radius 3 is 2.44 bits per heavy atom. The first-order valence-corrected chi connectivity index (χ1v) is 8.35. The highest BCUT2D eigenvalue weighted by atomic mass is 19.1. The summed E-state index contributed by atoms with van der Waals surface area (Å²) >= 11 is 0. The summed E-state index contributed by atoms with van der Waals surface area (Å²) in [5, 5.41) is 0.478. The van der Waals surface area contributed by atoms with E-state index >= 15 is 0 Å². The lowest BCUT2D eigenvalue weighted by atomic mass is 10.1. The van der Waals surface area contributed by atoms with Crippen molar-refractivity contribution in [1.82, 2.24) is 9.66 Å². The average molecular weight is 361 g/mol. The number of benzene rings is 3. The number of nitrogens with zero attached hydrogens (tertiary/aromatic N) is 2. The Hall–Kier alpha value is -3.67. The third kappa shape index (κ3) is 3.13. The van der Waals surface area contributed by atoms with Crippen LogP contribution in [0.3, 0.4) is 0 Å². The molecule has 0 atom stereocenters. The van der Waals surface area contributed by atoms with Crippen molar-refractivity contribution in [1.29, 1.82) is 0 Å². The molecule has 0 saturated carbocycles. The van der Waals surface area contributed by atoms with Crippen LogP contribution >= 0.6 is 0 Å². The maximum Gasteiger partial charge on any atom is 0.280 e. The lowest BCUT2D eigenvalue weighted by Crippen LogP contribution is -2.29. The number of aromatic nitrogens is 2. The number of hydrogen-bond donors (Lipinski definition) is 1. The van der Waals surface area contributed by atoms with E-state index in [-0.39, 0.29) is 11.4 Å². The molecule has 5 nitrogen and oxygen atoms in total. The van der Waals surface area contributed by atoms with Gasteiger partial charge in [0.05, 0.1) is 29.3 Å². The van der Waals surface area contributed by atoms with Gasteiger partial charge in [-0.3, -0.25) is 10.2 Å². The van der Waals surface area contributed by atoms with E-state index in [0.717, 1.165) is 0 Å². The van der Waals surface area contributed by atoms with E-state index in [9.17, 15) is 9.18 Å². The number of halogens is 1. The largest absolute Gasteiger partial charge is 0.496 e. The molecule has 0 amide bonds. The third-order valence-electron chi connectivity index (χ3n) is 4.21. The summed E-state index contributed by atoms with van der Waals surface area (Å²) < 4.78 is 20.0. The van der Waals surface area contributed by atoms with Crippen LogP contribution in [0.15, 0.2) is 77.6 Å². The van der Waals surface area contributed by atoms with Crippen LogP contribution in [0.1, 0.15) is 0 Å². The zero-order valence-corrected chi connectivity index (χ0v) is 14.5. The molecule has 0 radical (unpaired) electrons. The Morgan fingerprint density at radius 1 is 0.963 bits per heavy atom. The van der Waals surface area contributed by atoms with E-state index in [1.165, 1.54) is 16.8 Å². The number of para-hydroxylation sites is 2. The molecule has 0 fully saturated rings. The van der Waals surface area contributed by atoms with Crippen molar-refractivity contribution in [2.75, 3.05) is 12.5 Å². The molecule has 0 aliphatic rings. The predicted octanol–water partition coefficient (Wildman–Crippen LogP) is 4.09. The average Bonchev–Trinajstić information content (AvgIpc) is 2.71. The molecular formula is C21H16FN3O2. The summed E-state index contributed by atoms with van der Waals surface area (Å²) in [6.07, 6.45) is 0. The summed E-state index contributed by atoms with van der Waals surface area (Å²) in [5.41, 5.74) is 4.58. The molecule has 27 heavy (non-hydrogen) atoms. The minimum absolute atomic E-state index is 0.258. The first kappa shape index (κ1) is 16.8. The predicted molar refractivity (Wildman–Crippen MR) is 103 cm³/mol. The van der Waals surface area contributed by atoms with E-state index < -0.39 is 0 Å². The summed E-state index contributed by atoms with van der Waals surface area (Å²) in [6, 6.07) is 20.2. The zero-order valence-electron chi connectivity index (χ0n) is 14.5. The van der Waals surface area contributed by atoms with Crippen molar-refractivity contribution in [3.63, 3.8) is 0 Å². The number of fused-ring (bicyclic) bond motifs is 1. The normalized spacial score (nSPS) is 10.7. The van der Waals surface area contributed by atoms with E-state index in [1.54, 1.807) is 43.5 Å². The smallest absolute Gasteiger partial charge is 0.280 e. The zero-order chi connectivity index (χ0) is 18.8. The molecule has 0 bridgehead atoms. The lowest BCUT2D eigenvalue weighted by molar-refractivity contribution is 0.416. The third-order valence-corrected chi connectivity index (χ3v) is 4.21. The number of hydrogen-bond acceptors (Lipinski definition) is 4. The number of rotatable bonds is 4. The number of ether oxygens (including phenoxy) is 1. The van der Waals surface area contributed by atoms with Crippen LogP contribution in [-0.2, 0) is 0 Å². The molecular weight excluding hydrogens is 345 g/mol. The van der Waals surface area contributed by atoms with Gasteiger partial charge in [0.25, 0.3) is 5.56 Å². The standard InChI is InChI=1S/C21H16FN3O2/c1-27-19-9-5-3-7-17(19)20-23-18-8-4-2-6-16(18)21(26)25(20)24-15-12-10-14(22)11-13-15/h2-13,24H,1H3. The fraction of sp³-hybridized carbons (Fsp3) is 0.0476. The summed E-state index contributed by atoms with van der Waals surface area (Å²) in [5.74, 6) is 0.643. The number of nitrogens with one attached hydrogen (secondary N) is 1. The van der Waals surface area contributed by atoms with Crippen LogP contribution < -0.4 is 15.7 Å². The number of methoxy groups -OCH3 is 1. The maximum absolute atomic E-state index is 13.2. The topological polar surface area (TPSA) is 56.1 Å². The molecule has 4 rings (SSSR count). The van der Waals surface area contributed by atoms with Gasteiger partial charge >= 0.3 is 0 Å². The minimum atomic E-state index is -0.352. The van der Waals surface area contributed by atoms with Gasteiger partial charge < -0.3 is 4.74 Å². The quantitative estimate of drug-likeness (QED) is 0.595. The molecule has 134 valence electrons. The molecule has 4 aromatic rings. The highest BCUT2D eigenvalue weighted by Gasteiger charge is 2.16. The highest BCUT2D eigenvalue weighted by molar-refractivity contribution is 5.80. The van der Waals surface area contributed by atoms with Gasteiger partial charge in [-0.05, 0) is 48.5 Å². The van der Waals surface area contributed by atoms with Crippen molar-refractivity contribution >= 4 is 16.6 Å². The first-order valence-electron chi connectivity index (χ1n) is 8.35. The molecule has 1 heterocycles. The SMILES string of the molecule is COc1ccccc1-c1nc2ccccc2c(=O)n1Nc1ccc(F)cc1. The van der Waals surface area contributed by atoms with Gasteiger partial charge in [-0.2, -0.15) is 4.68 Å². The molecule has 1 N–H and O–H groups in total. The van der Waals surface area contributed by atoms with Crippen molar-refractivity contribution in [2.45, 2.75) is 0 Å². The Balaban J connectivity index is 1.98. The number of anilines is 1. The second kappa shape index (κ2) is 6.92. The minimum Gasteiger partial charge on any atom is -0.496 e. The molecule has 0 saturated heterocycles. The lowest BCUT2D eigenvalue weighted by Gasteiger charge is -2.17. The van der Waals surface area contributed by atoms with Gasteiger partial charge in [0.1, 0.15) is 11.6 Å².